The van der Waals surface area contributed by atoms with Crippen LogP contribution >= 0.6 is 11.3 Å². The molecule has 1 unspecified atom stereocenters. The second-order valence-electron chi connectivity index (χ2n) is 3.79. The van der Waals surface area contributed by atoms with Crippen LogP contribution in [0.25, 0.3) is 0 Å². The van der Waals surface area contributed by atoms with E-state index in [1.54, 1.807) is 0 Å². The molecule has 0 saturated carbocycles. The van der Waals surface area contributed by atoms with Crippen molar-refractivity contribution >= 4 is 11.3 Å². The third kappa shape index (κ3) is 4.03. The summed E-state index contributed by atoms with van der Waals surface area (Å²) in [5.41, 5.74) is 0. The summed E-state index contributed by atoms with van der Waals surface area (Å²) in [5, 5.41) is 10.5. The predicted octanol–water partition coefficient (Wildman–Crippen LogP) is 3.43. The maximum Gasteiger partial charge on any atom is 0.0621 e. The number of rotatable bonds is 6. The topological polar surface area (TPSA) is 27.0 Å². The largest absolute Gasteiger partial charge is 0.299 e. The van der Waals surface area contributed by atoms with Gasteiger partial charge in [-0.05, 0) is 44.8 Å². The molecular weight excluding hydrogens is 204 g/mol. The molecule has 0 aromatic carbocycles. The molecule has 0 radical (unpaired) electrons. The first-order chi connectivity index (χ1) is 7.25. The number of thiophene rings is 1. The molecule has 0 N–H and O–H groups in total. The normalized spacial score (nSPS) is 12.7. The van der Waals surface area contributed by atoms with Gasteiger partial charge in [0.15, 0.2) is 0 Å². The van der Waals surface area contributed by atoms with Gasteiger partial charge in [-0.15, -0.1) is 11.3 Å². The van der Waals surface area contributed by atoms with Crippen LogP contribution in [0.1, 0.15) is 37.1 Å². The summed E-state index contributed by atoms with van der Waals surface area (Å²) in [6, 6.07) is 6.95. The highest BCUT2D eigenvalue weighted by Gasteiger charge is 2.11. The summed E-state index contributed by atoms with van der Waals surface area (Å²) < 4.78 is 0. The molecule has 3 heteroatoms. The summed E-state index contributed by atoms with van der Waals surface area (Å²) >= 11 is 1.81. The zero-order chi connectivity index (χ0) is 11.1. The SMILES string of the molecule is CC(c1cccs1)N(C)CCCCC#N. The third-order valence-corrected chi connectivity index (χ3v) is 3.71. The lowest BCUT2D eigenvalue weighted by molar-refractivity contribution is 0.260. The first-order valence-corrected chi connectivity index (χ1v) is 6.24. The van der Waals surface area contributed by atoms with Gasteiger partial charge in [0.05, 0.1) is 6.07 Å². The van der Waals surface area contributed by atoms with Gasteiger partial charge in [0.25, 0.3) is 0 Å². The zero-order valence-corrected chi connectivity index (χ0v) is 10.3. The van der Waals surface area contributed by atoms with Crippen LogP contribution in [0.15, 0.2) is 17.5 Å². The Hall–Kier alpha value is -0.850. The van der Waals surface area contributed by atoms with Crippen LogP contribution in [0.2, 0.25) is 0 Å². The lowest BCUT2D eigenvalue weighted by atomic mass is 10.2. The van der Waals surface area contributed by atoms with Gasteiger partial charge in [-0.3, -0.25) is 4.90 Å². The Morgan fingerprint density at radius 3 is 2.93 bits per heavy atom. The second kappa shape index (κ2) is 6.60. The number of hydrogen-bond acceptors (Lipinski definition) is 3. The van der Waals surface area contributed by atoms with Crippen molar-refractivity contribution in [3.63, 3.8) is 0 Å². The smallest absolute Gasteiger partial charge is 0.0621 e. The van der Waals surface area contributed by atoms with Crippen molar-refractivity contribution in [1.29, 1.82) is 5.26 Å². The van der Waals surface area contributed by atoms with E-state index in [0.717, 1.165) is 19.4 Å². The molecule has 0 fully saturated rings. The van der Waals surface area contributed by atoms with Gasteiger partial charge in [0.1, 0.15) is 0 Å². The minimum Gasteiger partial charge on any atom is -0.299 e. The fourth-order valence-electron chi connectivity index (χ4n) is 1.51. The standard InChI is InChI=1S/C12H18N2S/c1-11(12-7-6-10-15-12)14(2)9-5-3-4-8-13/h6-7,10-11H,3-5,9H2,1-2H3. The molecule has 0 aliphatic carbocycles. The van der Waals surface area contributed by atoms with E-state index in [2.05, 4.69) is 42.5 Å². The second-order valence-corrected chi connectivity index (χ2v) is 4.77. The summed E-state index contributed by atoms with van der Waals surface area (Å²) in [5.74, 6) is 0. The van der Waals surface area contributed by atoms with Crippen LogP contribution in [0, 0.1) is 11.3 Å². The van der Waals surface area contributed by atoms with E-state index < -0.39 is 0 Å². The molecule has 15 heavy (non-hydrogen) atoms. The highest BCUT2D eigenvalue weighted by atomic mass is 32.1. The van der Waals surface area contributed by atoms with E-state index in [-0.39, 0.29) is 0 Å². The van der Waals surface area contributed by atoms with Crippen LogP contribution in [0.3, 0.4) is 0 Å². The van der Waals surface area contributed by atoms with Crippen LogP contribution in [-0.4, -0.2) is 18.5 Å². The van der Waals surface area contributed by atoms with E-state index in [0.29, 0.717) is 12.5 Å². The molecule has 0 aliphatic rings. The molecule has 1 aromatic heterocycles. The molecule has 82 valence electrons. The van der Waals surface area contributed by atoms with Gasteiger partial charge < -0.3 is 0 Å². The van der Waals surface area contributed by atoms with Gasteiger partial charge in [0.2, 0.25) is 0 Å². The van der Waals surface area contributed by atoms with Crippen LogP contribution in [0.4, 0.5) is 0 Å². The van der Waals surface area contributed by atoms with Gasteiger partial charge >= 0.3 is 0 Å². The first kappa shape index (κ1) is 12.2. The van der Waals surface area contributed by atoms with Crippen molar-refractivity contribution in [2.24, 2.45) is 0 Å². The molecule has 1 aromatic rings. The Kier molecular flexibility index (Phi) is 5.38. The molecule has 0 saturated heterocycles. The number of nitriles is 1. The third-order valence-electron chi connectivity index (χ3n) is 2.67. The van der Waals surface area contributed by atoms with Crippen molar-refractivity contribution in [3.05, 3.63) is 22.4 Å². The molecule has 1 rings (SSSR count). The van der Waals surface area contributed by atoms with Crippen molar-refractivity contribution in [2.45, 2.75) is 32.2 Å². The van der Waals surface area contributed by atoms with Crippen molar-refractivity contribution in [2.75, 3.05) is 13.6 Å². The summed E-state index contributed by atoms with van der Waals surface area (Å²) in [7, 11) is 2.15. The number of hydrogen-bond donors (Lipinski definition) is 0. The Bertz CT molecular complexity index is 300. The lowest BCUT2D eigenvalue weighted by Gasteiger charge is -2.23. The van der Waals surface area contributed by atoms with E-state index in [4.69, 9.17) is 5.26 Å². The molecule has 1 atom stereocenters. The van der Waals surface area contributed by atoms with Crippen molar-refractivity contribution in [3.8, 4) is 6.07 Å². The molecule has 0 amide bonds. The van der Waals surface area contributed by atoms with Crippen LogP contribution in [0.5, 0.6) is 0 Å². The molecule has 0 aliphatic heterocycles. The van der Waals surface area contributed by atoms with Gasteiger partial charge in [-0.2, -0.15) is 5.26 Å². The minimum absolute atomic E-state index is 0.493. The Morgan fingerprint density at radius 1 is 1.53 bits per heavy atom. The van der Waals surface area contributed by atoms with Crippen molar-refractivity contribution in [1.82, 2.24) is 4.90 Å². The summed E-state index contributed by atoms with van der Waals surface area (Å²) in [6.45, 7) is 3.30. The first-order valence-electron chi connectivity index (χ1n) is 5.36. The van der Waals surface area contributed by atoms with E-state index in [1.165, 1.54) is 4.88 Å². The minimum atomic E-state index is 0.493. The Balaban J connectivity index is 2.28. The number of unbranched alkanes of at least 4 members (excludes halogenated alkanes) is 2. The average Bonchev–Trinajstić information content (AvgIpc) is 2.76. The highest BCUT2D eigenvalue weighted by molar-refractivity contribution is 7.10. The van der Waals surface area contributed by atoms with Gasteiger partial charge in [-0.25, -0.2) is 0 Å². The fraction of sp³-hybridized carbons (Fsp3) is 0.583. The monoisotopic (exact) mass is 222 g/mol. The number of nitrogens with zero attached hydrogens (tertiary/aromatic N) is 2. The highest BCUT2D eigenvalue weighted by Crippen LogP contribution is 2.23. The maximum absolute atomic E-state index is 8.43. The zero-order valence-electron chi connectivity index (χ0n) is 9.44. The average molecular weight is 222 g/mol. The van der Waals surface area contributed by atoms with E-state index >= 15 is 0 Å². The molecule has 1 heterocycles. The fourth-order valence-corrected chi connectivity index (χ4v) is 2.35. The summed E-state index contributed by atoms with van der Waals surface area (Å²) in [4.78, 5) is 3.77. The quantitative estimate of drug-likeness (QED) is 0.689. The van der Waals surface area contributed by atoms with Crippen LogP contribution in [-0.2, 0) is 0 Å². The molecular formula is C12H18N2S. The molecule has 0 spiro atoms. The van der Waals surface area contributed by atoms with Gasteiger partial charge in [-0.1, -0.05) is 6.07 Å². The lowest BCUT2D eigenvalue weighted by Crippen LogP contribution is -2.22. The van der Waals surface area contributed by atoms with E-state index in [1.807, 2.05) is 11.3 Å². The van der Waals surface area contributed by atoms with E-state index in [9.17, 15) is 0 Å². The molecule has 2 nitrogen and oxygen atoms in total. The maximum atomic E-state index is 8.43. The predicted molar refractivity (Wildman–Crippen MR) is 64.8 cm³/mol. The Labute approximate surface area is 96.1 Å². The summed E-state index contributed by atoms with van der Waals surface area (Å²) in [6.07, 6.45) is 2.80. The Morgan fingerprint density at radius 2 is 2.33 bits per heavy atom. The van der Waals surface area contributed by atoms with Crippen LogP contribution < -0.4 is 0 Å². The van der Waals surface area contributed by atoms with Crippen molar-refractivity contribution < 1.29 is 0 Å². The molecule has 0 bridgehead atoms. The van der Waals surface area contributed by atoms with Gasteiger partial charge in [0, 0.05) is 17.3 Å².